The number of nitrogens with zero attached hydrogens (tertiary/aromatic N) is 5. The van der Waals surface area contributed by atoms with Gasteiger partial charge in [0.05, 0.1) is 0 Å². The van der Waals surface area contributed by atoms with Crippen LogP contribution in [-0.4, -0.2) is 52.2 Å². The van der Waals surface area contributed by atoms with Crippen molar-refractivity contribution >= 4 is 27.7 Å². The van der Waals surface area contributed by atoms with E-state index in [1.165, 1.54) is 0 Å². The Hall–Kier alpha value is -4.08. The average molecular weight is 564 g/mol. The molecule has 0 spiro atoms. The Labute approximate surface area is 233 Å². The van der Waals surface area contributed by atoms with E-state index in [0.29, 0.717) is 54.2 Å². The first-order chi connectivity index (χ1) is 19.1. The molecular formula is C29H30FN5O4S. The molecule has 11 heteroatoms. The Morgan fingerprint density at radius 3 is 2.10 bits per heavy atom. The summed E-state index contributed by atoms with van der Waals surface area (Å²) in [6.07, 6.45) is -0.391. The second-order valence-electron chi connectivity index (χ2n) is 10.2. The van der Waals surface area contributed by atoms with Crippen LogP contribution in [-0.2, 0) is 20.7 Å². The minimum Gasteiger partial charge on any atom is -0.448 e. The number of hydrogen-bond acceptors (Lipinski definition) is 6. The van der Waals surface area contributed by atoms with Gasteiger partial charge in [0.1, 0.15) is 12.4 Å². The number of hydrogen-bond donors (Lipinski definition) is 0. The topological polar surface area (TPSA) is 116 Å². The van der Waals surface area contributed by atoms with Crippen LogP contribution < -0.4 is 4.90 Å². The van der Waals surface area contributed by atoms with Gasteiger partial charge in [0.15, 0.2) is 0 Å². The second kappa shape index (κ2) is 10.8. The minimum atomic E-state index is -4.81. The summed E-state index contributed by atoms with van der Waals surface area (Å²) in [5.41, 5.74) is 16.7. The lowest BCUT2D eigenvalue weighted by atomic mass is 9.94. The predicted molar refractivity (Wildman–Crippen MR) is 152 cm³/mol. The maximum absolute atomic E-state index is 13.7. The third kappa shape index (κ3) is 5.10. The van der Waals surface area contributed by atoms with Crippen molar-refractivity contribution in [3.8, 4) is 11.1 Å². The number of azide groups is 1. The maximum atomic E-state index is 13.7. The smallest absolute Gasteiger partial charge is 0.409 e. The van der Waals surface area contributed by atoms with E-state index >= 15 is 0 Å². The number of anilines is 1. The molecule has 0 unspecified atom stereocenters. The summed E-state index contributed by atoms with van der Waals surface area (Å²) in [7, 11) is -4.81. The van der Waals surface area contributed by atoms with Crippen LogP contribution >= 0.6 is 0 Å². The maximum Gasteiger partial charge on any atom is 0.409 e. The Balaban J connectivity index is 1.31. The van der Waals surface area contributed by atoms with Crippen molar-refractivity contribution in [3.63, 3.8) is 0 Å². The summed E-state index contributed by atoms with van der Waals surface area (Å²) in [6.45, 7) is 7.08. The number of carbonyl (C=O) groups excluding carboxylic acids is 1. The first kappa shape index (κ1) is 27.5. The normalized spacial score (nSPS) is 14.9. The van der Waals surface area contributed by atoms with Crippen LogP contribution in [0.1, 0.15) is 39.3 Å². The summed E-state index contributed by atoms with van der Waals surface area (Å²) in [5.74, 6) is -0.828. The molecule has 1 heterocycles. The molecule has 1 amide bonds. The van der Waals surface area contributed by atoms with Gasteiger partial charge in [-0.05, 0) is 70.8 Å². The molecule has 1 fully saturated rings. The Morgan fingerprint density at radius 2 is 1.55 bits per heavy atom. The second-order valence-corrected chi connectivity index (χ2v) is 11.6. The van der Waals surface area contributed by atoms with Crippen LogP contribution in [0.4, 0.5) is 20.1 Å². The third-order valence-corrected chi connectivity index (χ3v) is 8.61. The molecule has 9 nitrogen and oxygen atoms in total. The minimum absolute atomic E-state index is 0.0280. The van der Waals surface area contributed by atoms with E-state index in [1.807, 2.05) is 29.2 Å². The van der Waals surface area contributed by atoms with Gasteiger partial charge in [-0.2, -0.15) is 8.42 Å². The van der Waals surface area contributed by atoms with Gasteiger partial charge in [0, 0.05) is 48.4 Å². The van der Waals surface area contributed by atoms with Crippen molar-refractivity contribution in [2.24, 2.45) is 5.11 Å². The van der Waals surface area contributed by atoms with E-state index in [9.17, 15) is 17.1 Å². The number of halogens is 1. The van der Waals surface area contributed by atoms with Crippen molar-refractivity contribution in [3.05, 3.63) is 92.4 Å². The molecule has 0 atom stereocenters. The summed E-state index contributed by atoms with van der Waals surface area (Å²) in [4.78, 5) is 19.6. The molecule has 5 rings (SSSR count). The van der Waals surface area contributed by atoms with Gasteiger partial charge in [0.2, 0.25) is 0 Å². The number of benzene rings is 3. The number of rotatable bonds is 6. The van der Waals surface area contributed by atoms with E-state index in [2.05, 4.69) is 34.3 Å². The number of amides is 1. The van der Waals surface area contributed by atoms with Crippen LogP contribution in [0.5, 0.6) is 0 Å². The highest BCUT2D eigenvalue weighted by Crippen LogP contribution is 2.45. The zero-order valence-corrected chi connectivity index (χ0v) is 23.4. The monoisotopic (exact) mass is 563 g/mol. The average Bonchev–Trinajstić information content (AvgIpc) is 3.26. The summed E-state index contributed by atoms with van der Waals surface area (Å²) in [5, 5.41) is 3.78. The molecule has 1 aliphatic carbocycles. The quantitative estimate of drug-likeness (QED) is 0.148. The lowest BCUT2D eigenvalue weighted by Crippen LogP contribution is -2.49. The SMILES string of the molecule is Cc1c(CS(=O)(=O)F)c(C)c(N2CCN(C(=O)OCC3c4ccccc4-c4ccccc43)CC2)c(C)c1N=[N+]=[N-]. The van der Waals surface area contributed by atoms with Crippen LogP contribution in [0, 0.1) is 20.8 Å². The highest BCUT2D eigenvalue weighted by atomic mass is 32.3. The van der Waals surface area contributed by atoms with Crippen molar-refractivity contribution in [2.75, 3.05) is 37.7 Å². The van der Waals surface area contributed by atoms with E-state index in [-0.39, 0.29) is 18.1 Å². The highest BCUT2D eigenvalue weighted by molar-refractivity contribution is 7.85. The Morgan fingerprint density at radius 1 is 0.975 bits per heavy atom. The molecule has 2 aliphatic rings. The Bertz CT molecular complexity index is 1600. The lowest BCUT2D eigenvalue weighted by Gasteiger charge is -2.38. The fourth-order valence-electron chi connectivity index (χ4n) is 6.10. The predicted octanol–water partition coefficient (Wildman–Crippen LogP) is 6.42. The van der Waals surface area contributed by atoms with Gasteiger partial charge in [0.25, 0.3) is 0 Å². The van der Waals surface area contributed by atoms with E-state index in [4.69, 9.17) is 10.3 Å². The summed E-state index contributed by atoms with van der Waals surface area (Å²) in [6, 6.07) is 16.3. The first-order valence-corrected chi connectivity index (χ1v) is 14.6. The standard InChI is InChI=1S/C29H30FN5O4S/c1-18-26(17-40(30,37)38)19(2)28(20(3)27(18)32-33-31)34-12-14-35(15-13-34)29(36)39-16-25-23-10-6-4-8-21(23)22-9-5-7-11-24(22)25/h4-11,25H,12-17H2,1-3H3. The van der Waals surface area contributed by atoms with E-state index in [0.717, 1.165) is 22.3 Å². The fraction of sp³-hybridized carbons (Fsp3) is 0.345. The van der Waals surface area contributed by atoms with E-state index in [1.54, 1.807) is 25.7 Å². The number of piperazine rings is 1. The van der Waals surface area contributed by atoms with Crippen LogP contribution in [0.25, 0.3) is 21.6 Å². The molecule has 3 aromatic carbocycles. The van der Waals surface area contributed by atoms with Crippen LogP contribution in [0.15, 0.2) is 53.6 Å². The van der Waals surface area contributed by atoms with Gasteiger partial charge in [-0.3, -0.25) is 0 Å². The molecule has 0 N–H and O–H groups in total. The zero-order chi connectivity index (χ0) is 28.6. The van der Waals surface area contributed by atoms with Crippen molar-refractivity contribution in [2.45, 2.75) is 32.4 Å². The number of fused-ring (bicyclic) bond motifs is 3. The van der Waals surface area contributed by atoms with Crippen molar-refractivity contribution < 1.29 is 21.8 Å². The fourth-order valence-corrected chi connectivity index (χ4v) is 6.88. The van der Waals surface area contributed by atoms with Gasteiger partial charge in [-0.15, -0.1) is 3.89 Å². The number of ether oxygens (including phenoxy) is 1. The summed E-state index contributed by atoms with van der Waals surface area (Å²) >= 11 is 0. The molecule has 0 saturated carbocycles. The van der Waals surface area contributed by atoms with Gasteiger partial charge in [-0.1, -0.05) is 53.6 Å². The molecule has 40 heavy (non-hydrogen) atoms. The molecule has 0 radical (unpaired) electrons. The van der Waals surface area contributed by atoms with E-state index < -0.39 is 22.1 Å². The van der Waals surface area contributed by atoms with Gasteiger partial charge in [-0.25, -0.2) is 4.79 Å². The van der Waals surface area contributed by atoms with Gasteiger partial charge < -0.3 is 14.5 Å². The summed E-state index contributed by atoms with van der Waals surface area (Å²) < 4.78 is 42.6. The molecule has 1 aliphatic heterocycles. The Kier molecular flexibility index (Phi) is 7.44. The van der Waals surface area contributed by atoms with Gasteiger partial charge >= 0.3 is 16.3 Å². The molecule has 1 saturated heterocycles. The molecular weight excluding hydrogens is 533 g/mol. The largest absolute Gasteiger partial charge is 0.448 e. The van der Waals surface area contributed by atoms with Crippen LogP contribution in [0.3, 0.4) is 0 Å². The van der Waals surface area contributed by atoms with Crippen molar-refractivity contribution in [1.82, 2.24) is 4.90 Å². The van der Waals surface area contributed by atoms with Crippen molar-refractivity contribution in [1.29, 1.82) is 0 Å². The molecule has 3 aromatic rings. The van der Waals surface area contributed by atoms with Crippen LogP contribution in [0.2, 0.25) is 0 Å². The first-order valence-electron chi connectivity index (χ1n) is 13.1. The highest BCUT2D eigenvalue weighted by Gasteiger charge is 2.31. The lowest BCUT2D eigenvalue weighted by molar-refractivity contribution is 0.0976. The molecule has 208 valence electrons. The third-order valence-electron chi connectivity index (χ3n) is 7.98. The molecule has 0 aromatic heterocycles. The number of carbonyl (C=O) groups is 1. The molecule has 0 bridgehead atoms. The zero-order valence-electron chi connectivity index (χ0n) is 22.6.